The van der Waals surface area contributed by atoms with E-state index in [2.05, 4.69) is 29.5 Å². The molecule has 0 fully saturated rings. The number of nitrogens with one attached hydrogen (secondary N) is 3. The molecule has 0 spiro atoms. The summed E-state index contributed by atoms with van der Waals surface area (Å²) in [6.45, 7) is 0. The number of ether oxygens (including phenoxy) is 1. The molecule has 1 aromatic carbocycles. The lowest BCUT2D eigenvalue weighted by Crippen LogP contribution is -2.13. The van der Waals surface area contributed by atoms with Crippen molar-refractivity contribution in [1.82, 2.24) is 29.4 Å². The second-order valence-electron chi connectivity index (χ2n) is 7.22. The molecule has 0 saturated heterocycles. The molecule has 0 aliphatic carbocycles. The van der Waals surface area contributed by atoms with Gasteiger partial charge in [0, 0.05) is 60.9 Å². The summed E-state index contributed by atoms with van der Waals surface area (Å²) in [5.41, 5.74) is 2.42. The van der Waals surface area contributed by atoms with Gasteiger partial charge in [0.1, 0.15) is 18.1 Å². The Labute approximate surface area is 210 Å². The number of nitriles is 1. The number of aryl methyl sites for hydroxylation is 1. The number of anilines is 1. The maximum Gasteiger partial charge on any atom is 0.263 e. The van der Waals surface area contributed by atoms with Crippen LogP contribution in [-0.2, 0) is 17.1 Å². The fraction of sp³-hybridized carbons (Fsp3) is 0.0909. The van der Waals surface area contributed by atoms with Crippen molar-refractivity contribution in [3.05, 3.63) is 66.6 Å². The molecule has 0 unspecified atom stereocenters. The largest absolute Gasteiger partial charge is 0.454 e. The Morgan fingerprint density at radius 2 is 2.08 bits per heavy atom. The molecule has 182 valence electrons. The van der Waals surface area contributed by atoms with Gasteiger partial charge in [-0.2, -0.15) is 14.7 Å². The first-order valence-electron chi connectivity index (χ1n) is 10.2. The van der Waals surface area contributed by atoms with E-state index in [-0.39, 0.29) is 21.3 Å². The number of benzene rings is 1. The monoisotopic (exact) mass is 521 g/mol. The molecule has 3 heterocycles. The molecular weight excluding hydrogens is 502 g/mol. The Hall–Kier alpha value is -4.61. The van der Waals surface area contributed by atoms with Crippen molar-refractivity contribution in [3.8, 4) is 28.7 Å². The van der Waals surface area contributed by atoms with Gasteiger partial charge in [-0.25, -0.2) is 13.4 Å². The fourth-order valence-corrected chi connectivity index (χ4v) is 4.86. The number of rotatable bonds is 9. The molecule has 3 N–H and O–H groups in total. The van der Waals surface area contributed by atoms with E-state index in [1.165, 1.54) is 36.9 Å². The molecule has 0 aliphatic heterocycles. The third-order valence-corrected chi connectivity index (χ3v) is 6.86. The highest BCUT2D eigenvalue weighted by molar-refractivity contribution is 7.93. The maximum absolute atomic E-state index is 12.7. The summed E-state index contributed by atoms with van der Waals surface area (Å²) in [4.78, 5) is 8.08. The number of hydrogen-bond acceptors (Lipinski definition) is 11. The van der Waals surface area contributed by atoms with Crippen LogP contribution in [0.1, 0.15) is 11.3 Å². The smallest absolute Gasteiger partial charge is 0.263 e. The zero-order chi connectivity index (χ0) is 25.7. The molecular formula is C22H19N9O3S2. The van der Waals surface area contributed by atoms with Gasteiger partial charge in [0.15, 0.2) is 5.75 Å². The van der Waals surface area contributed by atoms with Gasteiger partial charge < -0.3 is 15.5 Å². The molecule has 0 aliphatic rings. The third-order valence-electron chi connectivity index (χ3n) is 4.82. The summed E-state index contributed by atoms with van der Waals surface area (Å²) >= 11 is 0.892. The first kappa shape index (κ1) is 24.5. The Balaban J connectivity index is 1.73. The number of sulfonamides is 1. The molecule has 14 heteroatoms. The van der Waals surface area contributed by atoms with Gasteiger partial charge in [-0.15, -0.1) is 0 Å². The van der Waals surface area contributed by atoms with Crippen molar-refractivity contribution >= 4 is 38.5 Å². The van der Waals surface area contributed by atoms with E-state index in [1.807, 2.05) is 6.07 Å². The summed E-state index contributed by atoms with van der Waals surface area (Å²) in [5, 5.41) is 24.6. The van der Waals surface area contributed by atoms with Crippen LogP contribution in [0.15, 0.2) is 60.3 Å². The van der Waals surface area contributed by atoms with Gasteiger partial charge in [-0.05, 0) is 24.3 Å². The number of allylic oxidation sites excluding steroid dienone is 1. The Morgan fingerprint density at radius 1 is 1.25 bits per heavy atom. The van der Waals surface area contributed by atoms with Crippen LogP contribution in [0.5, 0.6) is 11.5 Å². The van der Waals surface area contributed by atoms with E-state index in [1.54, 1.807) is 43.4 Å². The number of pyridine rings is 1. The standard InChI is InChI=1S/C22H19N9O3S2/c1-25-9-15(8-24)19-6-18(16-10-28-31(2)12-16)21(11-26-19)34-20-4-3-17(5-14(20)7-23)36(32,33)30-22-27-13-29-35-22/h3-6,8-13,24-25H,1-2H3,(H,27,29,30)/b15-9+,24-8?. The lowest BCUT2D eigenvalue weighted by Gasteiger charge is -2.14. The van der Waals surface area contributed by atoms with Gasteiger partial charge >= 0.3 is 0 Å². The lowest BCUT2D eigenvalue weighted by molar-refractivity contribution is 0.480. The highest BCUT2D eigenvalue weighted by Crippen LogP contribution is 2.36. The highest BCUT2D eigenvalue weighted by atomic mass is 32.2. The number of hydrogen-bond donors (Lipinski definition) is 3. The van der Waals surface area contributed by atoms with E-state index in [9.17, 15) is 13.7 Å². The van der Waals surface area contributed by atoms with Crippen LogP contribution in [0.25, 0.3) is 16.7 Å². The molecule has 0 saturated carbocycles. The molecule has 4 aromatic rings. The summed E-state index contributed by atoms with van der Waals surface area (Å²) in [6.07, 6.45) is 8.98. The quantitative estimate of drug-likeness (QED) is 0.280. The summed E-state index contributed by atoms with van der Waals surface area (Å²) in [5.74, 6) is 0.463. The average Bonchev–Trinajstić information content (AvgIpc) is 3.54. The van der Waals surface area contributed by atoms with Crippen molar-refractivity contribution < 1.29 is 13.2 Å². The molecule has 12 nitrogen and oxygen atoms in total. The topological polar surface area (TPSA) is 172 Å². The minimum Gasteiger partial charge on any atom is -0.454 e. The Morgan fingerprint density at radius 3 is 2.72 bits per heavy atom. The van der Waals surface area contributed by atoms with Gasteiger partial charge in [-0.3, -0.25) is 14.4 Å². The second kappa shape index (κ2) is 10.3. The first-order valence-corrected chi connectivity index (χ1v) is 12.5. The normalized spacial score (nSPS) is 11.5. The first-order chi connectivity index (χ1) is 17.3. The molecule has 36 heavy (non-hydrogen) atoms. The number of nitrogens with zero attached hydrogens (tertiary/aromatic N) is 6. The Bertz CT molecular complexity index is 1590. The van der Waals surface area contributed by atoms with Crippen LogP contribution in [0.3, 0.4) is 0 Å². The van der Waals surface area contributed by atoms with E-state index >= 15 is 0 Å². The van der Waals surface area contributed by atoms with Gasteiger partial charge in [0.05, 0.1) is 28.5 Å². The molecule has 0 atom stereocenters. The predicted molar refractivity (Wildman–Crippen MR) is 134 cm³/mol. The summed E-state index contributed by atoms with van der Waals surface area (Å²) < 4.78 is 39.1. The lowest BCUT2D eigenvalue weighted by atomic mass is 10.1. The van der Waals surface area contributed by atoms with E-state index in [4.69, 9.17) is 10.1 Å². The van der Waals surface area contributed by atoms with Crippen LogP contribution >= 0.6 is 11.5 Å². The fourth-order valence-electron chi connectivity index (χ4n) is 3.18. The van der Waals surface area contributed by atoms with Crippen molar-refractivity contribution in [3.63, 3.8) is 0 Å². The minimum atomic E-state index is -3.98. The molecule has 0 radical (unpaired) electrons. The Kier molecular flexibility index (Phi) is 7.04. The molecule has 0 bridgehead atoms. The van der Waals surface area contributed by atoms with E-state index in [0.717, 1.165) is 17.1 Å². The van der Waals surface area contributed by atoms with Crippen LogP contribution in [0, 0.1) is 16.7 Å². The van der Waals surface area contributed by atoms with Crippen LogP contribution < -0.4 is 14.8 Å². The van der Waals surface area contributed by atoms with Gasteiger partial charge in [0.2, 0.25) is 5.13 Å². The summed E-state index contributed by atoms with van der Waals surface area (Å²) in [6, 6.07) is 7.67. The van der Waals surface area contributed by atoms with Gasteiger partial charge in [-0.1, -0.05) is 0 Å². The average molecular weight is 522 g/mol. The van der Waals surface area contributed by atoms with Crippen LogP contribution in [0.2, 0.25) is 0 Å². The third kappa shape index (κ3) is 5.22. The number of aromatic nitrogens is 5. The molecule has 3 aromatic heterocycles. The van der Waals surface area contributed by atoms with Crippen molar-refractivity contribution in [1.29, 1.82) is 10.7 Å². The summed E-state index contributed by atoms with van der Waals surface area (Å²) in [7, 11) is -0.484. The second-order valence-corrected chi connectivity index (χ2v) is 9.69. The zero-order valence-electron chi connectivity index (χ0n) is 19.0. The predicted octanol–water partition coefficient (Wildman–Crippen LogP) is 3.01. The van der Waals surface area contributed by atoms with Crippen molar-refractivity contribution in [2.45, 2.75) is 4.90 Å². The highest BCUT2D eigenvalue weighted by Gasteiger charge is 2.20. The van der Waals surface area contributed by atoms with Gasteiger partial charge in [0.25, 0.3) is 10.0 Å². The van der Waals surface area contributed by atoms with Crippen molar-refractivity contribution in [2.24, 2.45) is 7.05 Å². The SMILES string of the molecule is CN/C=C(\C=N)c1cc(-c2cnn(C)c2)c(Oc2ccc(S(=O)(=O)Nc3ncns3)cc2C#N)cn1. The maximum atomic E-state index is 12.7. The zero-order valence-corrected chi connectivity index (χ0v) is 20.6. The van der Waals surface area contributed by atoms with Crippen molar-refractivity contribution in [2.75, 3.05) is 11.8 Å². The molecule has 4 rings (SSSR count). The van der Waals surface area contributed by atoms with Crippen LogP contribution in [-0.4, -0.2) is 45.8 Å². The molecule has 0 amide bonds. The van der Waals surface area contributed by atoms with E-state index in [0.29, 0.717) is 22.6 Å². The van der Waals surface area contributed by atoms with E-state index < -0.39 is 10.0 Å². The van der Waals surface area contributed by atoms with Crippen LogP contribution in [0.4, 0.5) is 5.13 Å². The minimum absolute atomic E-state index is 0.00612.